The van der Waals surface area contributed by atoms with Gasteiger partial charge >= 0.3 is 0 Å². The van der Waals surface area contributed by atoms with Crippen LogP contribution in [-0.4, -0.2) is 36.1 Å². The van der Waals surface area contributed by atoms with E-state index in [1.165, 1.54) is 12.8 Å². The predicted molar refractivity (Wildman–Crippen MR) is 59.2 cm³/mol. The topological polar surface area (TPSA) is 39.1 Å². The molecule has 1 saturated carbocycles. The maximum absolute atomic E-state index is 5.84. The summed E-state index contributed by atoms with van der Waals surface area (Å²) in [6.45, 7) is 1.54. The molecule has 1 unspecified atom stereocenters. The lowest BCUT2D eigenvalue weighted by molar-refractivity contribution is 0.148. The number of nitrogens with one attached hydrogen (secondary N) is 1. The number of methoxy groups -OCH3 is 1. The third kappa shape index (κ3) is 3.19. The number of hydrogen-bond acceptors (Lipinski definition) is 3. The van der Waals surface area contributed by atoms with Gasteiger partial charge in [0.2, 0.25) is 0 Å². The summed E-state index contributed by atoms with van der Waals surface area (Å²) < 4.78 is 7.04. The van der Waals surface area contributed by atoms with Crippen LogP contribution in [0, 0.1) is 0 Å². The van der Waals surface area contributed by atoms with Crippen LogP contribution in [0.1, 0.15) is 18.9 Å². The molecule has 1 aromatic heterocycles. The van der Waals surface area contributed by atoms with E-state index in [2.05, 4.69) is 10.4 Å². The maximum Gasteiger partial charge on any atom is 0.0877 e. The molecule has 1 atom stereocenters. The molecule has 1 N–H and O–H groups in total. The molecule has 1 aliphatic rings. The highest BCUT2D eigenvalue weighted by Crippen LogP contribution is 2.19. The molecule has 1 fully saturated rings. The first-order valence-corrected chi connectivity index (χ1v) is 5.59. The lowest BCUT2D eigenvalue weighted by Crippen LogP contribution is -2.30. The van der Waals surface area contributed by atoms with E-state index in [9.17, 15) is 0 Å². The number of halogens is 1. The van der Waals surface area contributed by atoms with E-state index in [-0.39, 0.29) is 6.04 Å². The van der Waals surface area contributed by atoms with Gasteiger partial charge in [-0.3, -0.25) is 4.68 Å². The maximum atomic E-state index is 5.84. The molecule has 5 heteroatoms. The quantitative estimate of drug-likeness (QED) is 0.803. The van der Waals surface area contributed by atoms with E-state index in [0.717, 1.165) is 6.54 Å². The van der Waals surface area contributed by atoms with Crippen molar-refractivity contribution in [2.24, 2.45) is 0 Å². The minimum atomic E-state index is 0.225. The molecule has 1 aliphatic carbocycles. The minimum absolute atomic E-state index is 0.225. The number of nitrogens with zero attached hydrogens (tertiary/aromatic N) is 2. The smallest absolute Gasteiger partial charge is 0.0877 e. The molecule has 15 heavy (non-hydrogen) atoms. The fourth-order valence-corrected chi connectivity index (χ4v) is 1.67. The Balaban J connectivity index is 1.91. The molecule has 4 nitrogen and oxygen atoms in total. The molecule has 1 heterocycles. The first-order chi connectivity index (χ1) is 7.29. The van der Waals surface area contributed by atoms with Crippen molar-refractivity contribution in [1.29, 1.82) is 0 Å². The molecule has 0 radical (unpaired) electrons. The van der Waals surface area contributed by atoms with Gasteiger partial charge in [-0.1, -0.05) is 11.6 Å². The minimum Gasteiger partial charge on any atom is -0.382 e. The molecule has 0 saturated heterocycles. The van der Waals surface area contributed by atoms with Crippen molar-refractivity contribution in [1.82, 2.24) is 15.1 Å². The first kappa shape index (κ1) is 10.9. The van der Waals surface area contributed by atoms with Crippen molar-refractivity contribution in [2.45, 2.75) is 24.9 Å². The third-order valence-electron chi connectivity index (χ3n) is 2.52. The van der Waals surface area contributed by atoms with Crippen LogP contribution >= 0.6 is 11.6 Å². The van der Waals surface area contributed by atoms with Gasteiger partial charge in [0.25, 0.3) is 0 Å². The molecule has 0 aromatic carbocycles. The van der Waals surface area contributed by atoms with Gasteiger partial charge in [-0.15, -0.1) is 0 Å². The Labute approximate surface area is 94.6 Å². The van der Waals surface area contributed by atoms with Gasteiger partial charge in [0.1, 0.15) is 0 Å². The summed E-state index contributed by atoms with van der Waals surface area (Å²) in [5.74, 6) is 0. The third-order valence-corrected chi connectivity index (χ3v) is 2.72. The van der Waals surface area contributed by atoms with E-state index in [4.69, 9.17) is 16.3 Å². The Morgan fingerprint density at radius 2 is 2.53 bits per heavy atom. The summed E-state index contributed by atoms with van der Waals surface area (Å²) >= 11 is 5.84. The van der Waals surface area contributed by atoms with Crippen molar-refractivity contribution in [3.05, 3.63) is 17.4 Å². The van der Waals surface area contributed by atoms with Gasteiger partial charge in [-0.25, -0.2) is 0 Å². The lowest BCUT2D eigenvalue weighted by atomic mass is 10.3. The Kier molecular flexibility index (Phi) is 3.61. The van der Waals surface area contributed by atoms with Crippen LogP contribution in [0.15, 0.2) is 12.4 Å². The first-order valence-electron chi connectivity index (χ1n) is 5.21. The summed E-state index contributed by atoms with van der Waals surface area (Å²) in [5.41, 5.74) is 0. The zero-order chi connectivity index (χ0) is 10.7. The highest BCUT2D eigenvalue weighted by atomic mass is 35.5. The second-order valence-electron chi connectivity index (χ2n) is 3.93. The van der Waals surface area contributed by atoms with E-state index in [0.29, 0.717) is 17.7 Å². The molecule has 0 aliphatic heterocycles. The van der Waals surface area contributed by atoms with E-state index in [1.807, 2.05) is 10.9 Å². The molecular weight excluding hydrogens is 214 g/mol. The summed E-state index contributed by atoms with van der Waals surface area (Å²) in [5, 5.41) is 8.33. The van der Waals surface area contributed by atoms with E-state index < -0.39 is 0 Å². The van der Waals surface area contributed by atoms with Crippen LogP contribution in [-0.2, 0) is 4.74 Å². The number of aromatic nitrogens is 2. The van der Waals surface area contributed by atoms with E-state index >= 15 is 0 Å². The van der Waals surface area contributed by atoms with E-state index in [1.54, 1.807) is 13.3 Å². The zero-order valence-corrected chi connectivity index (χ0v) is 9.57. The van der Waals surface area contributed by atoms with Crippen molar-refractivity contribution in [2.75, 3.05) is 20.3 Å². The average Bonchev–Trinajstić information content (AvgIpc) is 2.95. The number of ether oxygens (including phenoxy) is 1. The number of rotatable bonds is 6. The normalized spacial score (nSPS) is 18.0. The lowest BCUT2D eigenvalue weighted by Gasteiger charge is -2.17. The Bertz CT molecular complexity index is 311. The van der Waals surface area contributed by atoms with Gasteiger partial charge in [-0.05, 0) is 12.8 Å². The average molecular weight is 230 g/mol. The second kappa shape index (κ2) is 4.96. The number of hydrogen-bond donors (Lipinski definition) is 1. The van der Waals surface area contributed by atoms with Gasteiger partial charge in [-0.2, -0.15) is 5.10 Å². The molecule has 2 rings (SSSR count). The Morgan fingerprint density at radius 1 is 1.73 bits per heavy atom. The molecule has 1 aromatic rings. The van der Waals surface area contributed by atoms with Crippen LogP contribution in [0.25, 0.3) is 0 Å². The van der Waals surface area contributed by atoms with Crippen LogP contribution in [0.3, 0.4) is 0 Å². The zero-order valence-electron chi connectivity index (χ0n) is 8.82. The standard InChI is InChI=1S/C10H16ClN3O/c1-15-7-10(5-12-9-2-3-9)14-6-8(11)4-13-14/h4,6,9-10,12H,2-3,5,7H2,1H3. The van der Waals surface area contributed by atoms with Crippen LogP contribution in [0.5, 0.6) is 0 Å². The Morgan fingerprint density at radius 3 is 3.07 bits per heavy atom. The SMILES string of the molecule is COCC(CNC1CC1)n1cc(Cl)cn1. The summed E-state index contributed by atoms with van der Waals surface area (Å²) in [4.78, 5) is 0. The molecule has 0 bridgehead atoms. The van der Waals surface area contributed by atoms with Crippen LogP contribution in [0.4, 0.5) is 0 Å². The van der Waals surface area contributed by atoms with Crippen molar-refractivity contribution in [3.8, 4) is 0 Å². The largest absolute Gasteiger partial charge is 0.382 e. The summed E-state index contributed by atoms with van der Waals surface area (Å²) in [6.07, 6.45) is 6.07. The van der Waals surface area contributed by atoms with Crippen molar-refractivity contribution >= 4 is 11.6 Å². The van der Waals surface area contributed by atoms with Crippen molar-refractivity contribution in [3.63, 3.8) is 0 Å². The highest BCUT2D eigenvalue weighted by Gasteiger charge is 2.22. The summed E-state index contributed by atoms with van der Waals surface area (Å²) in [7, 11) is 1.70. The fraction of sp³-hybridized carbons (Fsp3) is 0.700. The molecule has 0 amide bonds. The van der Waals surface area contributed by atoms with Crippen LogP contribution in [0.2, 0.25) is 5.02 Å². The monoisotopic (exact) mass is 229 g/mol. The van der Waals surface area contributed by atoms with Gasteiger partial charge in [0.15, 0.2) is 0 Å². The van der Waals surface area contributed by atoms with Crippen LogP contribution < -0.4 is 5.32 Å². The Hall–Kier alpha value is -0.580. The second-order valence-corrected chi connectivity index (χ2v) is 4.37. The van der Waals surface area contributed by atoms with Gasteiger partial charge < -0.3 is 10.1 Å². The summed E-state index contributed by atoms with van der Waals surface area (Å²) in [6, 6.07) is 0.929. The predicted octanol–water partition coefficient (Wildman–Crippen LogP) is 1.48. The van der Waals surface area contributed by atoms with Gasteiger partial charge in [0, 0.05) is 25.9 Å². The molecule has 84 valence electrons. The fourth-order valence-electron chi connectivity index (χ4n) is 1.53. The molecule has 0 spiro atoms. The van der Waals surface area contributed by atoms with Crippen molar-refractivity contribution < 1.29 is 4.74 Å². The highest BCUT2D eigenvalue weighted by molar-refractivity contribution is 6.30. The molecular formula is C10H16ClN3O. The van der Waals surface area contributed by atoms with Gasteiger partial charge in [0.05, 0.1) is 23.9 Å².